The van der Waals surface area contributed by atoms with E-state index in [9.17, 15) is 0 Å². The Kier molecular flexibility index (Phi) is 5.53. The minimum absolute atomic E-state index is 0.264. The Hall–Kier alpha value is -3.32. The summed E-state index contributed by atoms with van der Waals surface area (Å²) in [6.45, 7) is 3.54. The van der Waals surface area contributed by atoms with E-state index < -0.39 is 0 Å². The second kappa shape index (κ2) is 8.58. The molecule has 142 valence electrons. The average molecular weight is 373 g/mol. The maximum atomic E-state index is 5.83. The molecule has 0 radical (unpaired) electrons. The van der Waals surface area contributed by atoms with Crippen molar-refractivity contribution in [2.24, 2.45) is 4.99 Å². The second-order valence-corrected chi connectivity index (χ2v) is 6.65. The van der Waals surface area contributed by atoms with Crippen LogP contribution in [0.4, 0.5) is 11.8 Å². The van der Waals surface area contributed by atoms with Gasteiger partial charge in [-0.2, -0.15) is 4.98 Å². The van der Waals surface area contributed by atoms with E-state index in [1.165, 1.54) is 0 Å². The van der Waals surface area contributed by atoms with Gasteiger partial charge >= 0.3 is 0 Å². The molecule has 0 fully saturated rings. The minimum Gasteiger partial charge on any atom is -0.369 e. The third-order valence-corrected chi connectivity index (χ3v) is 4.64. The van der Waals surface area contributed by atoms with Gasteiger partial charge in [-0.1, -0.05) is 24.3 Å². The van der Waals surface area contributed by atoms with Crippen LogP contribution in [0.1, 0.15) is 6.42 Å². The topological polar surface area (TPSA) is 92.3 Å². The van der Waals surface area contributed by atoms with Gasteiger partial charge in [0.25, 0.3) is 0 Å². The Bertz CT molecular complexity index is 948. The van der Waals surface area contributed by atoms with Crippen LogP contribution in [-0.4, -0.2) is 52.4 Å². The van der Waals surface area contributed by atoms with Gasteiger partial charge in [0.1, 0.15) is 5.82 Å². The number of nitrogens with zero attached hydrogens (tertiary/aromatic N) is 5. The van der Waals surface area contributed by atoms with Crippen molar-refractivity contribution in [1.82, 2.24) is 19.9 Å². The quantitative estimate of drug-likeness (QED) is 0.619. The highest BCUT2D eigenvalue weighted by atomic mass is 15.2. The first-order valence-electron chi connectivity index (χ1n) is 9.38. The van der Waals surface area contributed by atoms with Crippen LogP contribution in [0.5, 0.6) is 0 Å². The lowest BCUT2D eigenvalue weighted by Gasteiger charge is -2.15. The van der Waals surface area contributed by atoms with Crippen molar-refractivity contribution in [3.8, 4) is 22.4 Å². The van der Waals surface area contributed by atoms with Crippen molar-refractivity contribution in [1.29, 1.82) is 0 Å². The zero-order chi connectivity index (χ0) is 19.2. The van der Waals surface area contributed by atoms with Gasteiger partial charge in [-0.25, -0.2) is 4.98 Å². The maximum absolute atomic E-state index is 5.83. The van der Waals surface area contributed by atoms with E-state index in [2.05, 4.69) is 42.3 Å². The van der Waals surface area contributed by atoms with Crippen molar-refractivity contribution in [3.63, 3.8) is 0 Å². The molecule has 0 spiro atoms. The van der Waals surface area contributed by atoms with E-state index in [1.807, 2.05) is 36.5 Å². The molecule has 1 aliphatic rings. The highest BCUT2D eigenvalue weighted by Gasteiger charge is 2.11. The minimum atomic E-state index is 0.264. The molecular weight excluding hydrogens is 350 g/mol. The number of benzene rings is 1. The zero-order valence-corrected chi connectivity index (χ0v) is 15.6. The largest absolute Gasteiger partial charge is 0.369 e. The predicted octanol–water partition coefficient (Wildman–Crippen LogP) is 2.93. The number of nitrogens with one attached hydrogen (secondary N) is 1. The summed E-state index contributed by atoms with van der Waals surface area (Å²) in [6, 6.07) is 14.1. The molecule has 7 heteroatoms. The molecule has 0 saturated heterocycles. The normalized spacial score (nSPS) is 13.7. The molecule has 3 heterocycles. The van der Waals surface area contributed by atoms with E-state index in [1.54, 1.807) is 12.4 Å². The molecule has 1 aromatic carbocycles. The molecule has 0 unspecified atom stereocenters. The van der Waals surface area contributed by atoms with Crippen LogP contribution >= 0.6 is 0 Å². The summed E-state index contributed by atoms with van der Waals surface area (Å²) in [6.07, 6.45) is 6.54. The van der Waals surface area contributed by atoms with Gasteiger partial charge in [0.15, 0.2) is 0 Å². The Morgan fingerprint density at radius 3 is 2.82 bits per heavy atom. The van der Waals surface area contributed by atoms with Gasteiger partial charge in [-0.3, -0.25) is 14.9 Å². The van der Waals surface area contributed by atoms with Gasteiger partial charge in [0.05, 0.1) is 12.4 Å². The maximum Gasteiger partial charge on any atom is 0.221 e. The summed E-state index contributed by atoms with van der Waals surface area (Å²) in [4.78, 5) is 19.6. The first-order chi connectivity index (χ1) is 13.8. The molecule has 0 aliphatic carbocycles. The van der Waals surface area contributed by atoms with Crippen molar-refractivity contribution in [3.05, 3.63) is 54.9 Å². The number of anilines is 2. The van der Waals surface area contributed by atoms with E-state index >= 15 is 0 Å². The molecule has 3 N–H and O–H groups in total. The number of aromatic nitrogens is 3. The predicted molar refractivity (Wildman–Crippen MR) is 113 cm³/mol. The molecular formula is C21H23N7. The van der Waals surface area contributed by atoms with Crippen LogP contribution < -0.4 is 11.1 Å². The molecule has 2 aromatic heterocycles. The number of pyridine rings is 1. The van der Waals surface area contributed by atoms with Gasteiger partial charge < -0.3 is 11.1 Å². The van der Waals surface area contributed by atoms with Crippen molar-refractivity contribution >= 4 is 18.0 Å². The molecule has 28 heavy (non-hydrogen) atoms. The smallest absolute Gasteiger partial charge is 0.221 e. The Labute approximate surface area is 164 Å². The van der Waals surface area contributed by atoms with Gasteiger partial charge in [-0.15, -0.1) is 0 Å². The second-order valence-electron chi connectivity index (χ2n) is 6.65. The fourth-order valence-electron chi connectivity index (χ4n) is 3.20. The number of aliphatic imine (C=N–C) groups is 1. The van der Waals surface area contributed by atoms with E-state index in [-0.39, 0.29) is 5.95 Å². The first kappa shape index (κ1) is 18.1. The molecule has 0 saturated carbocycles. The molecule has 0 bridgehead atoms. The third-order valence-electron chi connectivity index (χ3n) is 4.64. The Morgan fingerprint density at radius 2 is 2.00 bits per heavy atom. The highest BCUT2D eigenvalue weighted by Crippen LogP contribution is 2.29. The average Bonchev–Trinajstić information content (AvgIpc) is 3.26. The van der Waals surface area contributed by atoms with Crippen LogP contribution in [0, 0.1) is 0 Å². The number of rotatable bonds is 7. The third kappa shape index (κ3) is 4.32. The van der Waals surface area contributed by atoms with Crippen LogP contribution in [0.3, 0.4) is 0 Å². The number of hydrogen-bond donors (Lipinski definition) is 2. The summed E-state index contributed by atoms with van der Waals surface area (Å²) in [5.74, 6) is 1.02. The van der Waals surface area contributed by atoms with Crippen LogP contribution in [0.25, 0.3) is 22.4 Å². The molecule has 4 rings (SSSR count). The summed E-state index contributed by atoms with van der Waals surface area (Å²) >= 11 is 0. The molecule has 0 atom stereocenters. The number of nitrogen functional groups attached to an aromatic ring is 1. The molecule has 7 nitrogen and oxygen atoms in total. The van der Waals surface area contributed by atoms with Crippen molar-refractivity contribution in [2.75, 3.05) is 37.4 Å². The SMILES string of the molecule is Nc1ncc(-c2cccc(-c3ccccn3)c2)c(NCCCN2CC=NC2)n1. The van der Waals surface area contributed by atoms with Crippen molar-refractivity contribution < 1.29 is 0 Å². The van der Waals surface area contributed by atoms with Gasteiger partial charge in [0.2, 0.25) is 5.95 Å². The fraction of sp³-hybridized carbons (Fsp3) is 0.238. The summed E-state index contributed by atoms with van der Waals surface area (Å²) in [5.41, 5.74) is 9.77. The summed E-state index contributed by atoms with van der Waals surface area (Å²) in [7, 11) is 0. The summed E-state index contributed by atoms with van der Waals surface area (Å²) in [5, 5.41) is 3.42. The number of nitrogens with two attached hydrogens (primary N) is 1. The standard InChI is InChI=1S/C21H23N7/c22-21-26-14-18(20(27-21)25-9-4-11-28-12-10-23-15-28)16-5-3-6-17(13-16)19-7-1-2-8-24-19/h1-3,5-8,10,13-14H,4,9,11-12,15H2,(H3,22,25,26,27). The Morgan fingerprint density at radius 1 is 1.07 bits per heavy atom. The Balaban J connectivity index is 1.51. The molecule has 1 aliphatic heterocycles. The van der Waals surface area contributed by atoms with Gasteiger partial charge in [0, 0.05) is 49.4 Å². The number of hydrogen-bond acceptors (Lipinski definition) is 7. The molecule has 0 amide bonds. The zero-order valence-electron chi connectivity index (χ0n) is 15.6. The van der Waals surface area contributed by atoms with Crippen molar-refractivity contribution in [2.45, 2.75) is 6.42 Å². The molecule has 3 aromatic rings. The highest BCUT2D eigenvalue weighted by molar-refractivity contribution is 5.78. The van der Waals surface area contributed by atoms with Crippen LogP contribution in [0.15, 0.2) is 59.9 Å². The van der Waals surface area contributed by atoms with Crippen LogP contribution in [-0.2, 0) is 0 Å². The summed E-state index contributed by atoms with van der Waals surface area (Å²) < 4.78 is 0. The fourth-order valence-corrected chi connectivity index (χ4v) is 3.20. The monoisotopic (exact) mass is 373 g/mol. The van der Waals surface area contributed by atoms with E-state index in [0.717, 1.165) is 60.9 Å². The first-order valence-corrected chi connectivity index (χ1v) is 9.38. The lowest BCUT2D eigenvalue weighted by atomic mass is 10.0. The van der Waals surface area contributed by atoms with E-state index in [0.29, 0.717) is 0 Å². The van der Waals surface area contributed by atoms with Gasteiger partial charge in [-0.05, 0) is 30.2 Å². The van der Waals surface area contributed by atoms with Crippen LogP contribution in [0.2, 0.25) is 0 Å². The lowest BCUT2D eigenvalue weighted by Crippen LogP contribution is -2.23. The lowest BCUT2D eigenvalue weighted by molar-refractivity contribution is 0.341. The van der Waals surface area contributed by atoms with E-state index in [4.69, 9.17) is 5.73 Å².